The quantitative estimate of drug-likeness (QED) is 0.678. The van der Waals surface area contributed by atoms with Crippen LogP contribution in [0, 0.1) is 0 Å². The maximum absolute atomic E-state index is 12.4. The molecule has 3 aromatic rings. The van der Waals surface area contributed by atoms with Gasteiger partial charge in [0.1, 0.15) is 5.75 Å². The molecule has 0 bridgehead atoms. The van der Waals surface area contributed by atoms with Gasteiger partial charge in [0, 0.05) is 17.8 Å². The lowest BCUT2D eigenvalue weighted by atomic mass is 10.2. The van der Waals surface area contributed by atoms with Crippen LogP contribution in [0.5, 0.6) is 17.2 Å². The lowest BCUT2D eigenvalue weighted by Gasteiger charge is -2.11. The van der Waals surface area contributed by atoms with Crippen LogP contribution in [0.15, 0.2) is 41.1 Å². The Labute approximate surface area is 155 Å². The molecule has 1 amide bonds. The zero-order chi connectivity index (χ0) is 19.4. The van der Waals surface area contributed by atoms with Crippen LogP contribution in [-0.4, -0.2) is 40.4 Å². The average molecular weight is 370 g/mol. The predicted molar refractivity (Wildman–Crippen MR) is 94.6 cm³/mol. The number of hydrogen-bond donors (Lipinski definition) is 2. The van der Waals surface area contributed by atoms with Crippen LogP contribution in [0.3, 0.4) is 0 Å². The number of benzene rings is 1. The van der Waals surface area contributed by atoms with Crippen molar-refractivity contribution in [1.82, 2.24) is 20.4 Å². The van der Waals surface area contributed by atoms with Gasteiger partial charge in [-0.05, 0) is 31.2 Å². The number of pyridine rings is 1. The first-order valence-corrected chi connectivity index (χ1v) is 8.04. The summed E-state index contributed by atoms with van der Waals surface area (Å²) in [4.78, 5) is 20.6. The van der Waals surface area contributed by atoms with Gasteiger partial charge in [0.05, 0.1) is 20.3 Å². The zero-order valence-corrected chi connectivity index (χ0v) is 15.0. The normalized spacial score (nSPS) is 11.7. The van der Waals surface area contributed by atoms with Crippen molar-refractivity contribution in [3.63, 3.8) is 0 Å². The molecular formula is C18H18N4O5. The van der Waals surface area contributed by atoms with Crippen molar-refractivity contribution >= 4 is 5.91 Å². The number of hydrogen-bond acceptors (Lipinski definition) is 8. The average Bonchev–Trinajstić information content (AvgIpc) is 3.18. The molecule has 3 rings (SSSR count). The van der Waals surface area contributed by atoms with E-state index in [-0.39, 0.29) is 23.0 Å². The largest absolute Gasteiger partial charge is 0.503 e. The minimum absolute atomic E-state index is 0.153. The van der Waals surface area contributed by atoms with Crippen molar-refractivity contribution in [1.29, 1.82) is 0 Å². The summed E-state index contributed by atoms with van der Waals surface area (Å²) < 4.78 is 15.3. The zero-order valence-electron chi connectivity index (χ0n) is 15.0. The minimum Gasteiger partial charge on any atom is -0.503 e. The molecule has 0 spiro atoms. The molecular weight excluding hydrogens is 352 g/mol. The van der Waals surface area contributed by atoms with Gasteiger partial charge in [-0.2, -0.15) is 4.98 Å². The van der Waals surface area contributed by atoms with Gasteiger partial charge < -0.3 is 24.4 Å². The Balaban J connectivity index is 1.74. The fourth-order valence-electron chi connectivity index (χ4n) is 2.36. The van der Waals surface area contributed by atoms with E-state index < -0.39 is 11.9 Å². The molecule has 0 saturated heterocycles. The summed E-state index contributed by atoms with van der Waals surface area (Å²) in [6.45, 7) is 1.69. The van der Waals surface area contributed by atoms with Crippen LogP contribution >= 0.6 is 0 Å². The summed E-state index contributed by atoms with van der Waals surface area (Å²) in [6, 6.07) is 8.02. The fraction of sp³-hybridized carbons (Fsp3) is 0.222. The highest BCUT2D eigenvalue weighted by Crippen LogP contribution is 2.28. The van der Waals surface area contributed by atoms with Gasteiger partial charge in [-0.15, -0.1) is 0 Å². The molecule has 0 aliphatic carbocycles. The number of aromatic hydroxyl groups is 1. The number of carbonyl (C=O) groups is 1. The van der Waals surface area contributed by atoms with E-state index in [1.54, 1.807) is 38.3 Å². The topological polar surface area (TPSA) is 120 Å². The number of methoxy groups -OCH3 is 2. The van der Waals surface area contributed by atoms with Crippen LogP contribution in [0.25, 0.3) is 11.5 Å². The second-order valence-electron chi connectivity index (χ2n) is 5.59. The molecule has 27 heavy (non-hydrogen) atoms. The molecule has 2 heterocycles. The molecule has 1 atom stereocenters. The maximum atomic E-state index is 12.4. The second kappa shape index (κ2) is 7.73. The van der Waals surface area contributed by atoms with Gasteiger partial charge in [0.15, 0.2) is 23.0 Å². The van der Waals surface area contributed by atoms with Gasteiger partial charge in [0.2, 0.25) is 0 Å². The van der Waals surface area contributed by atoms with E-state index in [9.17, 15) is 9.90 Å². The summed E-state index contributed by atoms with van der Waals surface area (Å²) in [5.74, 6) is 0.549. The van der Waals surface area contributed by atoms with Gasteiger partial charge >= 0.3 is 0 Å². The van der Waals surface area contributed by atoms with Crippen LogP contribution in [-0.2, 0) is 0 Å². The van der Waals surface area contributed by atoms with Crippen molar-refractivity contribution in [2.24, 2.45) is 0 Å². The first-order valence-electron chi connectivity index (χ1n) is 8.04. The van der Waals surface area contributed by atoms with Gasteiger partial charge in [-0.25, -0.2) is 4.98 Å². The maximum Gasteiger partial charge on any atom is 0.274 e. The fourth-order valence-corrected chi connectivity index (χ4v) is 2.36. The molecule has 1 aromatic carbocycles. The number of carbonyl (C=O) groups excluding carboxylic acids is 1. The highest BCUT2D eigenvalue weighted by Gasteiger charge is 2.22. The number of rotatable bonds is 6. The molecule has 2 N–H and O–H groups in total. The summed E-state index contributed by atoms with van der Waals surface area (Å²) in [5.41, 5.74) is 0.570. The number of ether oxygens (including phenoxy) is 2. The highest BCUT2D eigenvalue weighted by atomic mass is 16.5. The minimum atomic E-state index is -0.588. The van der Waals surface area contributed by atoms with Crippen LogP contribution in [0.1, 0.15) is 29.3 Å². The molecule has 2 aromatic heterocycles. The first-order chi connectivity index (χ1) is 13.0. The first kappa shape index (κ1) is 18.2. The molecule has 0 unspecified atom stereocenters. The second-order valence-corrected chi connectivity index (χ2v) is 5.59. The molecule has 9 heteroatoms. The van der Waals surface area contributed by atoms with E-state index in [1.165, 1.54) is 19.4 Å². The Morgan fingerprint density at radius 1 is 1.19 bits per heavy atom. The Hall–Kier alpha value is -3.62. The highest BCUT2D eigenvalue weighted by molar-refractivity contribution is 5.95. The number of nitrogens with zero attached hydrogens (tertiary/aromatic N) is 3. The van der Waals surface area contributed by atoms with E-state index in [2.05, 4.69) is 20.4 Å². The lowest BCUT2D eigenvalue weighted by molar-refractivity contribution is 0.0929. The monoisotopic (exact) mass is 370 g/mol. The number of amides is 1. The van der Waals surface area contributed by atoms with E-state index in [4.69, 9.17) is 14.0 Å². The third-order valence-electron chi connectivity index (χ3n) is 3.84. The standard InChI is InChI=1S/C18H18N4O5/c1-10(20-17(24)14-15(23)13(26-3)8-9-19-14)16-21-18(27-22-16)11-4-6-12(25-2)7-5-11/h4-10,23H,1-3H3,(H,20,24)/t10-/m0/s1. The Morgan fingerprint density at radius 3 is 2.59 bits per heavy atom. The van der Waals surface area contributed by atoms with Crippen LogP contribution in [0.2, 0.25) is 0 Å². The van der Waals surface area contributed by atoms with Gasteiger partial charge in [-0.3, -0.25) is 4.79 Å². The van der Waals surface area contributed by atoms with Crippen molar-refractivity contribution < 1.29 is 23.9 Å². The molecule has 0 saturated carbocycles. The summed E-state index contributed by atoms with van der Waals surface area (Å²) in [7, 11) is 2.97. The summed E-state index contributed by atoms with van der Waals surface area (Å²) in [6.07, 6.45) is 1.37. The predicted octanol–water partition coefficient (Wildman–Crippen LogP) is 2.35. The van der Waals surface area contributed by atoms with Gasteiger partial charge in [0.25, 0.3) is 11.8 Å². The molecule has 0 radical (unpaired) electrons. The van der Waals surface area contributed by atoms with E-state index in [0.717, 1.165) is 5.56 Å². The molecule has 140 valence electrons. The van der Waals surface area contributed by atoms with Gasteiger partial charge in [-0.1, -0.05) is 5.16 Å². The summed E-state index contributed by atoms with van der Waals surface area (Å²) >= 11 is 0. The van der Waals surface area contributed by atoms with E-state index in [0.29, 0.717) is 11.6 Å². The van der Waals surface area contributed by atoms with E-state index >= 15 is 0 Å². The third kappa shape index (κ3) is 3.81. The van der Waals surface area contributed by atoms with E-state index in [1.807, 2.05) is 0 Å². The van der Waals surface area contributed by atoms with Crippen molar-refractivity contribution in [2.45, 2.75) is 13.0 Å². The Morgan fingerprint density at radius 2 is 1.93 bits per heavy atom. The molecule has 9 nitrogen and oxygen atoms in total. The van der Waals surface area contributed by atoms with Crippen LogP contribution in [0.4, 0.5) is 0 Å². The van der Waals surface area contributed by atoms with Crippen molar-refractivity contribution in [3.05, 3.63) is 48.0 Å². The smallest absolute Gasteiger partial charge is 0.274 e. The van der Waals surface area contributed by atoms with Crippen LogP contribution < -0.4 is 14.8 Å². The Bertz CT molecular complexity index is 939. The lowest BCUT2D eigenvalue weighted by Crippen LogP contribution is -2.28. The SMILES string of the molecule is COc1ccc(-c2nc([C@H](C)NC(=O)c3nccc(OC)c3O)no2)cc1. The van der Waals surface area contributed by atoms with Crippen molar-refractivity contribution in [3.8, 4) is 28.7 Å². The molecule has 0 fully saturated rings. The van der Waals surface area contributed by atoms with Crippen molar-refractivity contribution in [2.75, 3.05) is 14.2 Å². The molecule has 0 aliphatic rings. The summed E-state index contributed by atoms with van der Waals surface area (Å²) in [5, 5.41) is 16.6. The Kier molecular flexibility index (Phi) is 5.20. The third-order valence-corrected chi connectivity index (χ3v) is 3.84. The number of nitrogens with one attached hydrogen (secondary N) is 1. The number of aromatic nitrogens is 3. The molecule has 0 aliphatic heterocycles.